The molecule has 25 heavy (non-hydrogen) atoms. The van der Waals surface area contributed by atoms with Crippen LogP contribution in [-0.2, 0) is 14.3 Å². The molecule has 0 radical (unpaired) electrons. The van der Waals surface area contributed by atoms with Crippen LogP contribution in [0, 0.1) is 11.3 Å². The molecule has 6 nitrogen and oxygen atoms in total. The Morgan fingerprint density at radius 3 is 2.36 bits per heavy atom. The minimum absolute atomic E-state index is 0.181. The minimum atomic E-state index is -0.996. The van der Waals surface area contributed by atoms with Gasteiger partial charge in [-0.05, 0) is 58.4 Å². The van der Waals surface area contributed by atoms with Crippen molar-refractivity contribution in [2.45, 2.75) is 46.3 Å². The number of ether oxygens (including phenoxy) is 2. The Morgan fingerprint density at radius 1 is 1.28 bits per heavy atom. The van der Waals surface area contributed by atoms with Gasteiger partial charge in [0.2, 0.25) is 0 Å². The maximum Gasteiger partial charge on any atom is 0.349 e. The number of amides is 1. The van der Waals surface area contributed by atoms with Crippen LogP contribution in [0.3, 0.4) is 0 Å². The van der Waals surface area contributed by atoms with Gasteiger partial charge in [-0.3, -0.25) is 4.79 Å². The number of hydrogen-bond acceptors (Lipinski definition) is 5. The molecule has 1 aromatic carbocycles. The molecule has 0 unspecified atom stereocenters. The van der Waals surface area contributed by atoms with Crippen LogP contribution in [0.2, 0.25) is 0 Å². The summed E-state index contributed by atoms with van der Waals surface area (Å²) >= 11 is 0. The van der Waals surface area contributed by atoms with Crippen LogP contribution in [0.25, 0.3) is 6.08 Å². The van der Waals surface area contributed by atoms with Crippen LogP contribution >= 0.6 is 0 Å². The molecule has 0 saturated heterocycles. The zero-order chi connectivity index (χ0) is 19.0. The molecule has 1 aromatic rings. The summed E-state index contributed by atoms with van der Waals surface area (Å²) in [6, 6.07) is 8.75. The second kappa shape index (κ2) is 8.88. The van der Waals surface area contributed by atoms with Gasteiger partial charge in [0.05, 0.1) is 6.61 Å². The van der Waals surface area contributed by atoms with E-state index in [0.29, 0.717) is 17.9 Å². The standard InChI is InChI=1S/C19H24N2O4/c1-6-24-16-9-7-14(8-10-16)11-15(12-20)18(23)25-13(2)17(22)21-19(3,4)5/h7-11,13H,6H2,1-5H3,(H,21,22)/b15-11+/t13-/m1/s1. The fourth-order valence-corrected chi connectivity index (χ4v) is 1.88. The SMILES string of the molecule is CCOc1ccc(/C=C(\C#N)C(=O)O[C@H](C)C(=O)NC(C)(C)C)cc1. The molecule has 0 heterocycles. The van der Waals surface area contributed by atoms with Crippen molar-refractivity contribution in [3.8, 4) is 11.8 Å². The fraction of sp³-hybridized carbons (Fsp3) is 0.421. The zero-order valence-electron chi connectivity index (χ0n) is 15.3. The first-order valence-electron chi connectivity index (χ1n) is 8.04. The molecule has 1 atom stereocenters. The van der Waals surface area contributed by atoms with E-state index in [-0.39, 0.29) is 5.57 Å². The molecule has 134 valence electrons. The average molecular weight is 344 g/mol. The van der Waals surface area contributed by atoms with E-state index in [4.69, 9.17) is 9.47 Å². The summed E-state index contributed by atoms with van der Waals surface area (Å²) in [5, 5.41) is 11.9. The van der Waals surface area contributed by atoms with Gasteiger partial charge < -0.3 is 14.8 Å². The quantitative estimate of drug-likeness (QED) is 0.487. The summed E-state index contributed by atoms with van der Waals surface area (Å²) in [5.41, 5.74) is 0.0387. The number of rotatable bonds is 6. The van der Waals surface area contributed by atoms with E-state index in [0.717, 1.165) is 0 Å². The number of carbonyl (C=O) groups excluding carboxylic acids is 2. The van der Waals surface area contributed by atoms with E-state index in [1.807, 2.05) is 27.7 Å². The third-order valence-corrected chi connectivity index (χ3v) is 2.99. The number of hydrogen-bond donors (Lipinski definition) is 1. The third kappa shape index (κ3) is 7.08. The topological polar surface area (TPSA) is 88.4 Å². The number of nitrogens with zero attached hydrogens (tertiary/aromatic N) is 1. The third-order valence-electron chi connectivity index (χ3n) is 2.99. The number of nitrogens with one attached hydrogen (secondary N) is 1. The van der Waals surface area contributed by atoms with Crippen LogP contribution in [0.4, 0.5) is 0 Å². The molecule has 0 bridgehead atoms. The van der Waals surface area contributed by atoms with Gasteiger partial charge in [0.1, 0.15) is 17.4 Å². The highest BCUT2D eigenvalue weighted by Gasteiger charge is 2.23. The van der Waals surface area contributed by atoms with Gasteiger partial charge in [-0.2, -0.15) is 5.26 Å². The lowest BCUT2D eigenvalue weighted by Gasteiger charge is -2.23. The predicted octanol–water partition coefficient (Wildman–Crippen LogP) is 2.84. The molecule has 0 fully saturated rings. The number of benzene rings is 1. The predicted molar refractivity (Wildman–Crippen MR) is 94.7 cm³/mol. The molecule has 0 saturated carbocycles. The molecule has 6 heteroatoms. The van der Waals surface area contributed by atoms with Crippen molar-refractivity contribution >= 4 is 18.0 Å². The van der Waals surface area contributed by atoms with Gasteiger partial charge in [0, 0.05) is 5.54 Å². The van der Waals surface area contributed by atoms with Crippen LogP contribution in [0.15, 0.2) is 29.8 Å². The van der Waals surface area contributed by atoms with Gasteiger partial charge >= 0.3 is 5.97 Å². The lowest BCUT2D eigenvalue weighted by atomic mass is 10.1. The molecule has 1 N–H and O–H groups in total. The van der Waals surface area contributed by atoms with Crippen molar-refractivity contribution in [2.24, 2.45) is 0 Å². The number of esters is 1. The first-order chi connectivity index (χ1) is 11.7. The van der Waals surface area contributed by atoms with E-state index in [1.54, 1.807) is 30.3 Å². The minimum Gasteiger partial charge on any atom is -0.494 e. The smallest absolute Gasteiger partial charge is 0.349 e. The Kier molecular flexibility index (Phi) is 7.19. The normalized spacial score (nSPS) is 12.7. The summed E-state index contributed by atoms with van der Waals surface area (Å²) in [4.78, 5) is 24.1. The van der Waals surface area contributed by atoms with E-state index in [1.165, 1.54) is 13.0 Å². The maximum absolute atomic E-state index is 12.1. The van der Waals surface area contributed by atoms with E-state index in [2.05, 4.69) is 5.32 Å². The first-order valence-corrected chi connectivity index (χ1v) is 8.04. The highest BCUT2D eigenvalue weighted by Crippen LogP contribution is 2.15. The van der Waals surface area contributed by atoms with Crippen LogP contribution in [0.1, 0.15) is 40.2 Å². The summed E-state index contributed by atoms with van der Waals surface area (Å²) < 4.78 is 10.4. The number of carbonyl (C=O) groups is 2. The Hall–Kier alpha value is -2.81. The Labute approximate surface area is 148 Å². The Bertz CT molecular complexity index is 679. The van der Waals surface area contributed by atoms with Gasteiger partial charge in [0.15, 0.2) is 6.10 Å². The molecule has 0 aliphatic carbocycles. The van der Waals surface area contributed by atoms with Crippen molar-refractivity contribution in [1.82, 2.24) is 5.32 Å². The molecule has 1 amide bonds. The molecule has 0 spiro atoms. The van der Waals surface area contributed by atoms with Gasteiger partial charge in [-0.15, -0.1) is 0 Å². The van der Waals surface area contributed by atoms with Crippen molar-refractivity contribution in [3.05, 3.63) is 35.4 Å². The zero-order valence-corrected chi connectivity index (χ0v) is 15.3. The van der Waals surface area contributed by atoms with E-state index < -0.39 is 23.5 Å². The molecule has 0 aliphatic heterocycles. The van der Waals surface area contributed by atoms with Crippen molar-refractivity contribution in [2.75, 3.05) is 6.61 Å². The van der Waals surface area contributed by atoms with Gasteiger partial charge in [-0.25, -0.2) is 4.79 Å². The lowest BCUT2D eigenvalue weighted by Crippen LogP contribution is -2.46. The fourth-order valence-electron chi connectivity index (χ4n) is 1.88. The van der Waals surface area contributed by atoms with Crippen molar-refractivity contribution in [3.63, 3.8) is 0 Å². The van der Waals surface area contributed by atoms with Crippen LogP contribution in [0.5, 0.6) is 5.75 Å². The monoisotopic (exact) mass is 344 g/mol. The van der Waals surface area contributed by atoms with E-state index >= 15 is 0 Å². The summed E-state index contributed by atoms with van der Waals surface area (Å²) in [6.07, 6.45) is 0.413. The van der Waals surface area contributed by atoms with Crippen LogP contribution < -0.4 is 10.1 Å². The highest BCUT2D eigenvalue weighted by atomic mass is 16.5. The number of nitriles is 1. The molecule has 0 aliphatic rings. The maximum atomic E-state index is 12.1. The van der Waals surface area contributed by atoms with Gasteiger partial charge in [0.25, 0.3) is 5.91 Å². The molecular weight excluding hydrogens is 320 g/mol. The molecular formula is C19H24N2O4. The Balaban J connectivity index is 2.80. The molecule has 0 aromatic heterocycles. The highest BCUT2D eigenvalue weighted by molar-refractivity contribution is 5.99. The van der Waals surface area contributed by atoms with Crippen LogP contribution in [-0.4, -0.2) is 30.1 Å². The molecule has 1 rings (SSSR count). The first kappa shape index (κ1) is 20.2. The lowest BCUT2D eigenvalue weighted by molar-refractivity contribution is -0.151. The van der Waals surface area contributed by atoms with E-state index in [9.17, 15) is 14.9 Å². The average Bonchev–Trinajstić information content (AvgIpc) is 2.52. The second-order valence-electron chi connectivity index (χ2n) is 6.46. The summed E-state index contributed by atoms with van der Waals surface area (Å²) in [7, 11) is 0. The van der Waals surface area contributed by atoms with Gasteiger partial charge in [-0.1, -0.05) is 12.1 Å². The van der Waals surface area contributed by atoms with Crippen molar-refractivity contribution in [1.29, 1.82) is 5.26 Å². The Morgan fingerprint density at radius 2 is 1.88 bits per heavy atom. The summed E-state index contributed by atoms with van der Waals surface area (Å²) in [6.45, 7) is 9.38. The largest absolute Gasteiger partial charge is 0.494 e. The van der Waals surface area contributed by atoms with Crippen molar-refractivity contribution < 1.29 is 19.1 Å². The second-order valence-corrected chi connectivity index (χ2v) is 6.46. The summed E-state index contributed by atoms with van der Waals surface area (Å²) in [5.74, 6) is -0.555.